The fourth-order valence-corrected chi connectivity index (χ4v) is 3.83. The molecule has 0 saturated heterocycles. The molecule has 3 nitrogen and oxygen atoms in total. The van der Waals surface area contributed by atoms with Crippen LogP contribution in [0.25, 0.3) is 0 Å². The van der Waals surface area contributed by atoms with E-state index in [0.29, 0.717) is 5.11 Å². The molecule has 0 radical (unpaired) electrons. The summed E-state index contributed by atoms with van der Waals surface area (Å²) in [4.78, 5) is 4.24. The summed E-state index contributed by atoms with van der Waals surface area (Å²) in [6.07, 6.45) is 7.86. The number of nitrogens with one attached hydrogen (secondary N) is 2. The molecule has 1 fully saturated rings. The zero-order valence-corrected chi connectivity index (χ0v) is 15.2. The van der Waals surface area contributed by atoms with E-state index in [-0.39, 0.29) is 5.41 Å². The van der Waals surface area contributed by atoms with Crippen LogP contribution >= 0.6 is 23.8 Å². The number of rotatable bonds is 4. The van der Waals surface area contributed by atoms with Gasteiger partial charge in [-0.15, -0.1) is 0 Å². The molecule has 0 bridgehead atoms. The Kier molecular flexibility index (Phi) is 5.69. The molecule has 1 aliphatic carbocycles. The van der Waals surface area contributed by atoms with Gasteiger partial charge in [-0.1, -0.05) is 49.1 Å². The Hall–Kier alpha value is -1.65. The quantitative estimate of drug-likeness (QED) is 0.759. The van der Waals surface area contributed by atoms with Crippen molar-refractivity contribution in [3.8, 4) is 0 Å². The predicted octanol–water partition coefficient (Wildman–Crippen LogP) is 4.92. The van der Waals surface area contributed by atoms with Gasteiger partial charge in [0.15, 0.2) is 5.11 Å². The molecule has 24 heavy (non-hydrogen) atoms. The third-order valence-corrected chi connectivity index (χ3v) is 5.22. The van der Waals surface area contributed by atoms with Crippen LogP contribution < -0.4 is 10.6 Å². The van der Waals surface area contributed by atoms with E-state index in [1.54, 1.807) is 6.20 Å². The molecule has 3 rings (SSSR count). The van der Waals surface area contributed by atoms with E-state index in [0.717, 1.165) is 30.2 Å². The average molecular weight is 360 g/mol. The number of benzene rings is 1. The fraction of sp³-hybridized carbons (Fsp3) is 0.368. The second-order valence-electron chi connectivity index (χ2n) is 6.37. The van der Waals surface area contributed by atoms with Gasteiger partial charge in [-0.3, -0.25) is 0 Å². The Bertz CT molecular complexity index is 684. The molecule has 2 N–H and O–H groups in total. The number of pyridine rings is 1. The number of thiocarbonyl (C=S) groups is 1. The molecule has 126 valence electrons. The minimum atomic E-state index is 0.0962. The number of halogens is 1. The van der Waals surface area contributed by atoms with Crippen LogP contribution in [0.1, 0.15) is 37.7 Å². The van der Waals surface area contributed by atoms with Crippen LogP contribution in [0.2, 0.25) is 5.02 Å². The van der Waals surface area contributed by atoms with Crippen molar-refractivity contribution in [2.75, 3.05) is 11.9 Å². The Morgan fingerprint density at radius 1 is 1.12 bits per heavy atom. The number of aromatic nitrogens is 1. The number of hydrogen-bond donors (Lipinski definition) is 2. The lowest BCUT2D eigenvalue weighted by molar-refractivity contribution is 0.292. The third-order valence-electron chi connectivity index (χ3n) is 4.74. The highest BCUT2D eigenvalue weighted by atomic mass is 35.5. The average Bonchev–Trinajstić information content (AvgIpc) is 2.62. The van der Waals surface area contributed by atoms with E-state index >= 15 is 0 Å². The van der Waals surface area contributed by atoms with E-state index in [1.807, 2.05) is 30.3 Å². The lowest BCUT2D eigenvalue weighted by Crippen LogP contribution is -2.43. The van der Waals surface area contributed by atoms with Crippen molar-refractivity contribution in [2.24, 2.45) is 0 Å². The first kappa shape index (κ1) is 17.2. The first-order chi connectivity index (χ1) is 11.7. The van der Waals surface area contributed by atoms with Crippen molar-refractivity contribution in [2.45, 2.75) is 37.5 Å². The van der Waals surface area contributed by atoms with Gasteiger partial charge in [0, 0.05) is 23.2 Å². The molecule has 0 unspecified atom stereocenters. The highest BCUT2D eigenvalue weighted by molar-refractivity contribution is 7.80. The van der Waals surface area contributed by atoms with Gasteiger partial charge in [-0.05, 0) is 54.9 Å². The van der Waals surface area contributed by atoms with Gasteiger partial charge in [0.2, 0.25) is 0 Å². The van der Waals surface area contributed by atoms with Crippen LogP contribution in [0.15, 0.2) is 48.7 Å². The predicted molar refractivity (Wildman–Crippen MR) is 105 cm³/mol. The van der Waals surface area contributed by atoms with Crippen molar-refractivity contribution < 1.29 is 0 Å². The third kappa shape index (κ3) is 4.25. The van der Waals surface area contributed by atoms with Gasteiger partial charge in [-0.2, -0.15) is 0 Å². The molecule has 0 amide bonds. The van der Waals surface area contributed by atoms with E-state index in [4.69, 9.17) is 23.8 Å². The molecule has 1 aliphatic rings. The summed E-state index contributed by atoms with van der Waals surface area (Å²) >= 11 is 11.7. The molecule has 1 aromatic carbocycles. The minimum Gasteiger partial charge on any atom is -0.362 e. The van der Waals surface area contributed by atoms with E-state index in [1.165, 1.54) is 24.8 Å². The summed E-state index contributed by atoms with van der Waals surface area (Å²) in [7, 11) is 0. The summed E-state index contributed by atoms with van der Waals surface area (Å²) in [6, 6.07) is 14.0. The minimum absolute atomic E-state index is 0.0962. The second-order valence-corrected chi connectivity index (χ2v) is 7.22. The SMILES string of the molecule is S=C(NCC1(c2cccc(Cl)c2)CCCCC1)Nc1ccccn1. The van der Waals surface area contributed by atoms with Crippen LogP contribution in [0.3, 0.4) is 0 Å². The molecular weight excluding hydrogens is 338 g/mol. The Morgan fingerprint density at radius 3 is 2.67 bits per heavy atom. The van der Waals surface area contributed by atoms with Crippen LogP contribution in [0.5, 0.6) is 0 Å². The van der Waals surface area contributed by atoms with Crippen LogP contribution in [0, 0.1) is 0 Å². The molecule has 0 spiro atoms. The Morgan fingerprint density at radius 2 is 1.96 bits per heavy atom. The van der Waals surface area contributed by atoms with Gasteiger partial charge < -0.3 is 10.6 Å². The van der Waals surface area contributed by atoms with Crippen molar-refractivity contribution in [3.05, 3.63) is 59.2 Å². The number of hydrogen-bond acceptors (Lipinski definition) is 2. The first-order valence-corrected chi connectivity index (χ1v) is 9.19. The zero-order chi connectivity index (χ0) is 16.8. The number of nitrogens with zero attached hydrogens (tertiary/aromatic N) is 1. The normalized spacial score (nSPS) is 16.4. The molecule has 0 atom stereocenters. The van der Waals surface area contributed by atoms with Gasteiger partial charge in [0.05, 0.1) is 0 Å². The lowest BCUT2D eigenvalue weighted by atomic mass is 9.69. The summed E-state index contributed by atoms with van der Waals surface area (Å²) in [5.41, 5.74) is 1.40. The van der Waals surface area contributed by atoms with Gasteiger partial charge in [-0.25, -0.2) is 4.98 Å². The highest BCUT2D eigenvalue weighted by Gasteiger charge is 2.34. The number of anilines is 1. The maximum Gasteiger partial charge on any atom is 0.171 e. The van der Waals surface area contributed by atoms with Crippen molar-refractivity contribution >= 4 is 34.7 Å². The Balaban J connectivity index is 1.70. The smallest absolute Gasteiger partial charge is 0.171 e. The van der Waals surface area contributed by atoms with Gasteiger partial charge in [0.25, 0.3) is 0 Å². The second kappa shape index (κ2) is 7.95. The summed E-state index contributed by atoms with van der Waals surface area (Å²) in [5.74, 6) is 0.760. The molecule has 1 heterocycles. The topological polar surface area (TPSA) is 37.0 Å². The Labute approximate surface area is 153 Å². The van der Waals surface area contributed by atoms with Crippen molar-refractivity contribution in [1.29, 1.82) is 0 Å². The van der Waals surface area contributed by atoms with Crippen molar-refractivity contribution in [3.63, 3.8) is 0 Å². The maximum absolute atomic E-state index is 6.23. The fourth-order valence-electron chi connectivity index (χ4n) is 3.46. The van der Waals surface area contributed by atoms with Crippen LogP contribution in [0.4, 0.5) is 5.82 Å². The summed E-state index contributed by atoms with van der Waals surface area (Å²) in [6.45, 7) is 0.812. The molecule has 0 aliphatic heterocycles. The van der Waals surface area contributed by atoms with Gasteiger partial charge in [0.1, 0.15) is 5.82 Å². The molecule has 1 saturated carbocycles. The summed E-state index contributed by atoms with van der Waals surface area (Å²) in [5, 5.41) is 7.95. The standard InChI is InChI=1S/C19H22ClN3S/c20-16-8-6-7-15(13-16)19(10-3-1-4-11-19)14-22-18(24)23-17-9-2-5-12-21-17/h2,5-9,12-13H,1,3-4,10-11,14H2,(H2,21,22,23,24). The van der Waals surface area contributed by atoms with Crippen LogP contribution in [-0.4, -0.2) is 16.6 Å². The molecule has 1 aromatic heterocycles. The maximum atomic E-state index is 6.23. The summed E-state index contributed by atoms with van der Waals surface area (Å²) < 4.78 is 0. The van der Waals surface area contributed by atoms with E-state index in [2.05, 4.69) is 27.8 Å². The van der Waals surface area contributed by atoms with E-state index in [9.17, 15) is 0 Å². The van der Waals surface area contributed by atoms with Crippen LogP contribution in [-0.2, 0) is 5.41 Å². The zero-order valence-electron chi connectivity index (χ0n) is 13.6. The monoisotopic (exact) mass is 359 g/mol. The molecular formula is C19H22ClN3S. The van der Waals surface area contributed by atoms with E-state index < -0.39 is 0 Å². The largest absolute Gasteiger partial charge is 0.362 e. The van der Waals surface area contributed by atoms with Crippen molar-refractivity contribution in [1.82, 2.24) is 10.3 Å². The highest BCUT2D eigenvalue weighted by Crippen LogP contribution is 2.39. The molecule has 2 aromatic rings. The molecule has 5 heteroatoms. The van der Waals surface area contributed by atoms with Gasteiger partial charge >= 0.3 is 0 Å². The lowest BCUT2D eigenvalue weighted by Gasteiger charge is -2.38. The first-order valence-electron chi connectivity index (χ1n) is 8.40.